The molecule has 29 heavy (non-hydrogen) atoms. The zero-order chi connectivity index (χ0) is 20.4. The summed E-state index contributed by atoms with van der Waals surface area (Å²) in [5, 5.41) is 3.18. The lowest BCUT2D eigenvalue weighted by molar-refractivity contribution is 0.102. The molecule has 144 valence electrons. The SMILES string of the molecule is Cc1nc2ccc(NC(=O)c3ccncc3)cc2c(=O)n1Cc1ccc(F)cc1. The molecule has 0 atom stereocenters. The van der Waals surface area contributed by atoms with Gasteiger partial charge in [0.15, 0.2) is 0 Å². The van der Waals surface area contributed by atoms with Gasteiger partial charge in [-0.2, -0.15) is 0 Å². The maximum atomic E-state index is 13.1. The van der Waals surface area contributed by atoms with E-state index in [1.807, 2.05) is 0 Å². The molecule has 2 aromatic heterocycles. The molecule has 0 unspecified atom stereocenters. The van der Waals surface area contributed by atoms with Crippen molar-refractivity contribution < 1.29 is 9.18 Å². The molecule has 0 saturated heterocycles. The summed E-state index contributed by atoms with van der Waals surface area (Å²) in [6.45, 7) is 2.03. The first-order valence-electron chi connectivity index (χ1n) is 8.98. The van der Waals surface area contributed by atoms with Crippen LogP contribution in [-0.4, -0.2) is 20.4 Å². The molecule has 0 radical (unpaired) electrons. The van der Waals surface area contributed by atoms with Gasteiger partial charge in [-0.15, -0.1) is 0 Å². The van der Waals surface area contributed by atoms with Gasteiger partial charge in [0, 0.05) is 23.6 Å². The summed E-state index contributed by atoms with van der Waals surface area (Å²) in [6, 6.07) is 14.2. The summed E-state index contributed by atoms with van der Waals surface area (Å²) < 4.78 is 14.7. The maximum Gasteiger partial charge on any atom is 0.261 e. The van der Waals surface area contributed by atoms with Crippen LogP contribution in [-0.2, 0) is 6.54 Å². The largest absolute Gasteiger partial charge is 0.322 e. The maximum absolute atomic E-state index is 13.1. The quantitative estimate of drug-likeness (QED) is 0.580. The molecule has 4 aromatic rings. The third kappa shape index (κ3) is 3.89. The first-order chi connectivity index (χ1) is 14.0. The van der Waals surface area contributed by atoms with E-state index in [0.717, 1.165) is 5.56 Å². The number of aryl methyl sites for hydroxylation is 1. The summed E-state index contributed by atoms with van der Waals surface area (Å²) in [5.41, 5.74) is 2.08. The number of hydrogen-bond donors (Lipinski definition) is 1. The number of benzene rings is 2. The van der Waals surface area contributed by atoms with Crippen LogP contribution in [0.15, 0.2) is 71.8 Å². The van der Waals surface area contributed by atoms with Crippen molar-refractivity contribution in [1.29, 1.82) is 0 Å². The number of anilines is 1. The average Bonchev–Trinajstić information content (AvgIpc) is 2.73. The van der Waals surface area contributed by atoms with Crippen molar-refractivity contribution in [2.24, 2.45) is 0 Å². The highest BCUT2D eigenvalue weighted by molar-refractivity contribution is 6.04. The molecular formula is C22H17FN4O2. The zero-order valence-corrected chi connectivity index (χ0v) is 15.6. The fraction of sp³-hybridized carbons (Fsp3) is 0.0909. The molecule has 7 heteroatoms. The van der Waals surface area contributed by atoms with Gasteiger partial charge in [0.25, 0.3) is 11.5 Å². The Labute approximate surface area is 165 Å². The Bertz CT molecular complexity index is 1250. The molecule has 0 spiro atoms. The molecule has 0 aliphatic heterocycles. The van der Waals surface area contributed by atoms with Crippen LogP contribution in [0.1, 0.15) is 21.7 Å². The van der Waals surface area contributed by atoms with Crippen molar-refractivity contribution in [3.8, 4) is 0 Å². The lowest BCUT2D eigenvalue weighted by Gasteiger charge is -2.12. The lowest BCUT2D eigenvalue weighted by atomic mass is 10.2. The second-order valence-electron chi connectivity index (χ2n) is 6.60. The van der Waals surface area contributed by atoms with Crippen molar-refractivity contribution in [1.82, 2.24) is 14.5 Å². The van der Waals surface area contributed by atoms with Gasteiger partial charge in [-0.3, -0.25) is 19.1 Å². The number of amides is 1. The van der Waals surface area contributed by atoms with Gasteiger partial charge >= 0.3 is 0 Å². The highest BCUT2D eigenvalue weighted by Gasteiger charge is 2.11. The van der Waals surface area contributed by atoms with E-state index in [1.165, 1.54) is 29.1 Å². The van der Waals surface area contributed by atoms with Crippen LogP contribution < -0.4 is 10.9 Å². The summed E-state index contributed by atoms with van der Waals surface area (Å²) in [5.74, 6) is -0.0668. The monoisotopic (exact) mass is 388 g/mol. The second-order valence-corrected chi connectivity index (χ2v) is 6.60. The Morgan fingerprint density at radius 3 is 2.52 bits per heavy atom. The van der Waals surface area contributed by atoms with E-state index in [2.05, 4.69) is 15.3 Å². The lowest BCUT2D eigenvalue weighted by Crippen LogP contribution is -2.24. The molecule has 6 nitrogen and oxygen atoms in total. The van der Waals surface area contributed by atoms with Gasteiger partial charge in [-0.05, 0) is 55.0 Å². The van der Waals surface area contributed by atoms with Gasteiger partial charge in [0.05, 0.1) is 17.4 Å². The molecule has 0 bridgehead atoms. The number of nitrogens with zero attached hydrogens (tertiary/aromatic N) is 3. The number of aromatic nitrogens is 3. The summed E-state index contributed by atoms with van der Waals surface area (Å²) in [4.78, 5) is 33.8. The number of hydrogen-bond acceptors (Lipinski definition) is 4. The molecule has 4 rings (SSSR count). The van der Waals surface area contributed by atoms with Crippen LogP contribution in [0.5, 0.6) is 0 Å². The first kappa shape index (κ1) is 18.5. The van der Waals surface area contributed by atoms with E-state index in [4.69, 9.17) is 0 Å². The minimum Gasteiger partial charge on any atom is -0.322 e. The van der Waals surface area contributed by atoms with Gasteiger partial charge in [-0.25, -0.2) is 9.37 Å². The topological polar surface area (TPSA) is 76.9 Å². The van der Waals surface area contributed by atoms with E-state index < -0.39 is 0 Å². The predicted molar refractivity (Wildman–Crippen MR) is 108 cm³/mol. The number of halogens is 1. The Balaban J connectivity index is 1.69. The molecule has 2 aromatic carbocycles. The molecular weight excluding hydrogens is 371 g/mol. The Morgan fingerprint density at radius 2 is 1.79 bits per heavy atom. The van der Waals surface area contributed by atoms with Gasteiger partial charge in [0.1, 0.15) is 11.6 Å². The highest BCUT2D eigenvalue weighted by atomic mass is 19.1. The summed E-state index contributed by atoms with van der Waals surface area (Å²) >= 11 is 0. The van der Waals surface area contributed by atoms with Crippen molar-refractivity contribution in [2.75, 3.05) is 5.32 Å². The predicted octanol–water partition coefficient (Wildman–Crippen LogP) is 3.54. The van der Waals surface area contributed by atoms with Crippen LogP contribution in [0.25, 0.3) is 10.9 Å². The molecule has 0 aliphatic carbocycles. The zero-order valence-electron chi connectivity index (χ0n) is 15.6. The number of pyridine rings is 1. The normalized spacial score (nSPS) is 10.8. The van der Waals surface area contributed by atoms with E-state index in [1.54, 1.807) is 49.4 Å². The number of carbonyl (C=O) groups excluding carboxylic acids is 1. The third-order valence-corrected chi connectivity index (χ3v) is 4.60. The molecule has 2 heterocycles. The van der Waals surface area contributed by atoms with Crippen LogP contribution >= 0.6 is 0 Å². The van der Waals surface area contributed by atoms with Gasteiger partial charge < -0.3 is 5.32 Å². The third-order valence-electron chi connectivity index (χ3n) is 4.60. The van der Waals surface area contributed by atoms with Crippen molar-refractivity contribution in [3.63, 3.8) is 0 Å². The Kier molecular flexibility index (Phi) is 4.87. The fourth-order valence-corrected chi connectivity index (χ4v) is 3.07. The molecule has 0 fully saturated rings. The number of nitrogens with one attached hydrogen (secondary N) is 1. The van der Waals surface area contributed by atoms with E-state index >= 15 is 0 Å². The van der Waals surface area contributed by atoms with Crippen LogP contribution in [0.3, 0.4) is 0 Å². The number of fused-ring (bicyclic) bond motifs is 1. The van der Waals surface area contributed by atoms with Gasteiger partial charge in [-0.1, -0.05) is 12.1 Å². The van der Waals surface area contributed by atoms with Gasteiger partial charge in [0.2, 0.25) is 0 Å². The van der Waals surface area contributed by atoms with E-state index in [9.17, 15) is 14.0 Å². The summed E-state index contributed by atoms with van der Waals surface area (Å²) in [7, 11) is 0. The second kappa shape index (κ2) is 7.63. The fourth-order valence-electron chi connectivity index (χ4n) is 3.07. The molecule has 1 N–H and O–H groups in total. The van der Waals surface area contributed by atoms with Crippen LogP contribution in [0.2, 0.25) is 0 Å². The molecule has 0 aliphatic rings. The number of carbonyl (C=O) groups is 1. The van der Waals surface area contributed by atoms with Crippen molar-refractivity contribution in [3.05, 3.63) is 100 Å². The Hall–Kier alpha value is -3.87. The Morgan fingerprint density at radius 1 is 1.07 bits per heavy atom. The highest BCUT2D eigenvalue weighted by Crippen LogP contribution is 2.17. The minimum absolute atomic E-state index is 0.225. The van der Waals surface area contributed by atoms with E-state index in [0.29, 0.717) is 28.0 Å². The molecule has 0 saturated carbocycles. The smallest absolute Gasteiger partial charge is 0.261 e. The van der Waals surface area contributed by atoms with E-state index in [-0.39, 0.29) is 23.8 Å². The van der Waals surface area contributed by atoms with Crippen LogP contribution in [0.4, 0.5) is 10.1 Å². The minimum atomic E-state index is -0.330. The van der Waals surface area contributed by atoms with Crippen LogP contribution in [0, 0.1) is 12.7 Å². The van der Waals surface area contributed by atoms with Crippen molar-refractivity contribution >= 4 is 22.5 Å². The first-order valence-corrected chi connectivity index (χ1v) is 8.98. The summed E-state index contributed by atoms with van der Waals surface area (Å²) in [6.07, 6.45) is 3.08. The average molecular weight is 388 g/mol. The number of rotatable bonds is 4. The molecule has 1 amide bonds. The standard InChI is InChI=1S/C22H17FN4O2/c1-14-25-20-7-6-18(26-21(28)16-8-10-24-11-9-16)12-19(20)22(29)27(14)13-15-2-4-17(23)5-3-15/h2-12H,13H2,1H3,(H,26,28). The van der Waals surface area contributed by atoms with Crippen molar-refractivity contribution in [2.45, 2.75) is 13.5 Å².